The number of rotatable bonds is 2. The molecular formula is C11H13F3O. The van der Waals surface area contributed by atoms with Crippen LogP contribution in [0.4, 0.5) is 13.2 Å². The number of hydrogen-bond acceptors (Lipinski definition) is 1. The Bertz CT molecular complexity index is 342. The maximum Gasteiger partial charge on any atom is 0.416 e. The van der Waals surface area contributed by atoms with Gasteiger partial charge in [0.1, 0.15) is 5.75 Å². The highest BCUT2D eigenvalue weighted by Crippen LogP contribution is 2.36. The topological polar surface area (TPSA) is 9.23 Å². The van der Waals surface area contributed by atoms with Gasteiger partial charge in [0.2, 0.25) is 0 Å². The van der Waals surface area contributed by atoms with E-state index in [0.29, 0.717) is 5.75 Å². The average Bonchev–Trinajstić information content (AvgIpc) is 2.15. The number of alkyl halides is 3. The number of ether oxygens (including phenoxy) is 1. The number of halogens is 3. The Hall–Kier alpha value is -1.19. The molecule has 0 aromatic heterocycles. The van der Waals surface area contributed by atoms with Crippen molar-refractivity contribution in [3.05, 3.63) is 29.3 Å². The van der Waals surface area contributed by atoms with Crippen molar-refractivity contribution in [2.45, 2.75) is 25.9 Å². The molecule has 84 valence electrons. The molecule has 0 spiro atoms. The highest BCUT2D eigenvalue weighted by molar-refractivity contribution is 5.39. The molecule has 0 heterocycles. The highest BCUT2D eigenvalue weighted by Gasteiger charge is 2.33. The summed E-state index contributed by atoms with van der Waals surface area (Å²) in [6.07, 6.45) is -4.30. The van der Waals surface area contributed by atoms with Crippen LogP contribution in [0, 0.1) is 0 Å². The third kappa shape index (κ3) is 2.64. The first-order valence-electron chi connectivity index (χ1n) is 4.61. The van der Waals surface area contributed by atoms with Crippen LogP contribution in [0.1, 0.15) is 30.9 Å². The van der Waals surface area contributed by atoms with E-state index in [1.54, 1.807) is 13.8 Å². The molecule has 4 heteroatoms. The van der Waals surface area contributed by atoms with Gasteiger partial charge in [0.25, 0.3) is 0 Å². The summed E-state index contributed by atoms with van der Waals surface area (Å²) in [5, 5.41) is 0. The standard InChI is InChI=1S/C11H13F3O/c1-7(2)9-6-8(15-3)4-5-10(9)11(12,13)14/h4-7H,1-3H3. The number of hydrogen-bond donors (Lipinski definition) is 0. The van der Waals surface area contributed by atoms with E-state index in [9.17, 15) is 13.2 Å². The van der Waals surface area contributed by atoms with Crippen LogP contribution in [0.2, 0.25) is 0 Å². The minimum absolute atomic E-state index is 0.184. The highest BCUT2D eigenvalue weighted by atomic mass is 19.4. The van der Waals surface area contributed by atoms with Gasteiger partial charge in [0.05, 0.1) is 12.7 Å². The Morgan fingerprint density at radius 1 is 1.20 bits per heavy atom. The van der Waals surface area contributed by atoms with Crippen LogP contribution in [-0.2, 0) is 6.18 Å². The second-order valence-corrected chi connectivity index (χ2v) is 3.61. The molecule has 0 unspecified atom stereocenters. The van der Waals surface area contributed by atoms with Gasteiger partial charge in [-0.3, -0.25) is 0 Å². The Labute approximate surface area is 86.9 Å². The third-order valence-electron chi connectivity index (χ3n) is 2.19. The molecule has 0 atom stereocenters. The van der Waals surface area contributed by atoms with Crippen LogP contribution >= 0.6 is 0 Å². The fourth-order valence-corrected chi connectivity index (χ4v) is 1.40. The molecule has 0 aliphatic carbocycles. The molecule has 0 bridgehead atoms. The monoisotopic (exact) mass is 218 g/mol. The van der Waals surface area contributed by atoms with E-state index >= 15 is 0 Å². The predicted molar refractivity (Wildman–Crippen MR) is 52.1 cm³/mol. The SMILES string of the molecule is COc1ccc(C(F)(F)F)c(C(C)C)c1. The van der Waals surface area contributed by atoms with Crippen molar-refractivity contribution in [1.82, 2.24) is 0 Å². The lowest BCUT2D eigenvalue weighted by Gasteiger charge is -2.16. The van der Waals surface area contributed by atoms with Crippen molar-refractivity contribution in [2.75, 3.05) is 7.11 Å². The van der Waals surface area contributed by atoms with Crippen LogP contribution in [0.5, 0.6) is 5.75 Å². The minimum Gasteiger partial charge on any atom is -0.497 e. The van der Waals surface area contributed by atoms with Gasteiger partial charge in [-0.05, 0) is 29.7 Å². The van der Waals surface area contributed by atoms with Crippen molar-refractivity contribution >= 4 is 0 Å². The molecule has 15 heavy (non-hydrogen) atoms. The van der Waals surface area contributed by atoms with Gasteiger partial charge in [0.15, 0.2) is 0 Å². The molecule has 1 aromatic rings. The molecule has 0 saturated heterocycles. The van der Waals surface area contributed by atoms with Crippen LogP contribution in [0.25, 0.3) is 0 Å². The first-order valence-corrected chi connectivity index (χ1v) is 4.61. The van der Waals surface area contributed by atoms with E-state index in [2.05, 4.69) is 0 Å². The van der Waals surface area contributed by atoms with E-state index in [4.69, 9.17) is 4.74 Å². The molecule has 0 amide bonds. The second kappa shape index (κ2) is 4.13. The van der Waals surface area contributed by atoms with Crippen molar-refractivity contribution in [3.63, 3.8) is 0 Å². The maximum atomic E-state index is 12.6. The lowest BCUT2D eigenvalue weighted by molar-refractivity contribution is -0.138. The summed E-state index contributed by atoms with van der Waals surface area (Å²) in [6.45, 7) is 3.45. The number of methoxy groups -OCH3 is 1. The lowest BCUT2D eigenvalue weighted by atomic mass is 9.96. The maximum absolute atomic E-state index is 12.6. The summed E-state index contributed by atoms with van der Waals surface area (Å²) in [5.74, 6) is 0.267. The molecule has 1 nitrogen and oxygen atoms in total. The molecule has 0 N–H and O–H groups in total. The predicted octanol–water partition coefficient (Wildman–Crippen LogP) is 3.84. The van der Waals surface area contributed by atoms with E-state index in [1.807, 2.05) is 0 Å². The summed E-state index contributed by atoms with van der Waals surface area (Å²) in [5.41, 5.74) is -0.319. The van der Waals surface area contributed by atoms with Gasteiger partial charge in [-0.15, -0.1) is 0 Å². The zero-order valence-corrected chi connectivity index (χ0v) is 8.85. The quantitative estimate of drug-likeness (QED) is 0.732. The summed E-state index contributed by atoms with van der Waals surface area (Å²) in [4.78, 5) is 0. The minimum atomic E-state index is -4.30. The van der Waals surface area contributed by atoms with Gasteiger partial charge in [-0.2, -0.15) is 13.2 Å². The average molecular weight is 218 g/mol. The van der Waals surface area contributed by atoms with Crippen LogP contribution < -0.4 is 4.74 Å². The molecule has 0 saturated carbocycles. The first-order chi connectivity index (χ1) is 6.86. The van der Waals surface area contributed by atoms with Crippen molar-refractivity contribution < 1.29 is 17.9 Å². The molecule has 1 aromatic carbocycles. The number of benzene rings is 1. The van der Waals surface area contributed by atoms with Crippen LogP contribution in [0.3, 0.4) is 0 Å². The second-order valence-electron chi connectivity index (χ2n) is 3.61. The molecule has 1 rings (SSSR count). The zero-order valence-electron chi connectivity index (χ0n) is 8.85. The fourth-order valence-electron chi connectivity index (χ4n) is 1.40. The first kappa shape index (κ1) is 11.9. The summed E-state index contributed by atoms with van der Waals surface area (Å²) >= 11 is 0. The van der Waals surface area contributed by atoms with Gasteiger partial charge >= 0.3 is 6.18 Å². The lowest BCUT2D eigenvalue weighted by Crippen LogP contribution is -2.10. The Morgan fingerprint density at radius 2 is 1.80 bits per heavy atom. The molecule has 0 radical (unpaired) electrons. The normalized spacial score (nSPS) is 11.9. The summed E-state index contributed by atoms with van der Waals surface area (Å²) in [6, 6.07) is 3.83. The summed E-state index contributed by atoms with van der Waals surface area (Å²) in [7, 11) is 1.44. The Balaban J connectivity index is 3.28. The van der Waals surface area contributed by atoms with E-state index in [-0.39, 0.29) is 11.5 Å². The van der Waals surface area contributed by atoms with Crippen LogP contribution in [-0.4, -0.2) is 7.11 Å². The fraction of sp³-hybridized carbons (Fsp3) is 0.455. The molecule has 0 aliphatic heterocycles. The smallest absolute Gasteiger partial charge is 0.416 e. The summed E-state index contributed by atoms with van der Waals surface area (Å²) < 4.78 is 42.7. The van der Waals surface area contributed by atoms with Gasteiger partial charge in [-0.1, -0.05) is 13.8 Å². The van der Waals surface area contributed by atoms with Crippen molar-refractivity contribution in [3.8, 4) is 5.75 Å². The molecule has 0 fully saturated rings. The zero-order chi connectivity index (χ0) is 11.6. The van der Waals surface area contributed by atoms with E-state index < -0.39 is 11.7 Å². The molecule has 0 aliphatic rings. The van der Waals surface area contributed by atoms with E-state index in [1.165, 1.54) is 19.2 Å². The van der Waals surface area contributed by atoms with Gasteiger partial charge in [0, 0.05) is 0 Å². The molecular weight excluding hydrogens is 205 g/mol. The van der Waals surface area contributed by atoms with Crippen LogP contribution in [0.15, 0.2) is 18.2 Å². The Kier molecular flexibility index (Phi) is 3.27. The van der Waals surface area contributed by atoms with Gasteiger partial charge < -0.3 is 4.74 Å². The van der Waals surface area contributed by atoms with Crippen molar-refractivity contribution in [2.24, 2.45) is 0 Å². The largest absolute Gasteiger partial charge is 0.497 e. The Morgan fingerprint density at radius 3 is 2.20 bits per heavy atom. The van der Waals surface area contributed by atoms with Crippen molar-refractivity contribution in [1.29, 1.82) is 0 Å². The third-order valence-corrected chi connectivity index (χ3v) is 2.19. The van der Waals surface area contributed by atoms with Gasteiger partial charge in [-0.25, -0.2) is 0 Å². The van der Waals surface area contributed by atoms with E-state index in [0.717, 1.165) is 6.07 Å².